The zero-order valence-corrected chi connectivity index (χ0v) is 13.2. The van der Waals surface area contributed by atoms with Gasteiger partial charge in [-0.15, -0.1) is 11.3 Å². The summed E-state index contributed by atoms with van der Waals surface area (Å²) in [6.45, 7) is 0. The minimum atomic E-state index is -0.500. The van der Waals surface area contributed by atoms with E-state index >= 15 is 0 Å². The van der Waals surface area contributed by atoms with Gasteiger partial charge in [0.25, 0.3) is 5.91 Å². The monoisotopic (exact) mass is 324 g/mol. The van der Waals surface area contributed by atoms with Crippen LogP contribution in [-0.2, 0) is 4.79 Å². The molecule has 0 aliphatic heterocycles. The van der Waals surface area contributed by atoms with Crippen molar-refractivity contribution >= 4 is 22.4 Å². The van der Waals surface area contributed by atoms with Crippen LogP contribution in [0.1, 0.15) is 36.1 Å². The van der Waals surface area contributed by atoms with Crippen molar-refractivity contribution < 1.29 is 4.79 Å². The molecule has 1 aromatic carbocycles. The lowest BCUT2D eigenvalue weighted by Crippen LogP contribution is -2.27. The molecule has 0 spiro atoms. The highest BCUT2D eigenvalue weighted by Gasteiger charge is 2.27. The van der Waals surface area contributed by atoms with E-state index in [1.165, 1.54) is 24.2 Å². The summed E-state index contributed by atoms with van der Waals surface area (Å²) in [6.07, 6.45) is 5.89. The summed E-state index contributed by atoms with van der Waals surface area (Å²) < 4.78 is 1.67. The molecular weight excluding hydrogens is 308 g/mol. The summed E-state index contributed by atoms with van der Waals surface area (Å²) in [5, 5.41) is 9.88. The van der Waals surface area contributed by atoms with Gasteiger partial charge in [0.05, 0.1) is 5.69 Å². The van der Waals surface area contributed by atoms with E-state index < -0.39 is 6.04 Å². The van der Waals surface area contributed by atoms with Gasteiger partial charge in [0.15, 0.2) is 11.2 Å². The SMILES string of the molecule is O=C(Nc1nc(C2CC2)cs1)[C@H](c1ccccc1)n1cccn1. The third-order valence-electron chi connectivity index (χ3n) is 3.90. The highest BCUT2D eigenvalue weighted by molar-refractivity contribution is 7.13. The maximum atomic E-state index is 12.8. The fourth-order valence-corrected chi connectivity index (χ4v) is 3.37. The van der Waals surface area contributed by atoms with Crippen LogP contribution >= 0.6 is 11.3 Å². The van der Waals surface area contributed by atoms with E-state index in [4.69, 9.17) is 0 Å². The van der Waals surface area contributed by atoms with E-state index in [2.05, 4.69) is 15.4 Å². The largest absolute Gasteiger partial charge is 0.300 e. The number of anilines is 1. The van der Waals surface area contributed by atoms with Crippen molar-refractivity contribution in [3.8, 4) is 0 Å². The molecule has 6 heteroatoms. The van der Waals surface area contributed by atoms with Crippen molar-refractivity contribution in [3.05, 3.63) is 65.4 Å². The van der Waals surface area contributed by atoms with Gasteiger partial charge >= 0.3 is 0 Å². The zero-order chi connectivity index (χ0) is 15.6. The number of benzene rings is 1. The molecule has 116 valence electrons. The Morgan fingerprint density at radius 3 is 2.78 bits per heavy atom. The number of nitrogens with zero attached hydrogens (tertiary/aromatic N) is 3. The Morgan fingerprint density at radius 2 is 2.09 bits per heavy atom. The first-order valence-electron chi connectivity index (χ1n) is 7.61. The summed E-state index contributed by atoms with van der Waals surface area (Å²) in [7, 11) is 0. The highest BCUT2D eigenvalue weighted by Crippen LogP contribution is 2.41. The van der Waals surface area contributed by atoms with E-state index in [0.29, 0.717) is 11.0 Å². The number of thiazole rings is 1. The molecule has 23 heavy (non-hydrogen) atoms. The van der Waals surface area contributed by atoms with E-state index in [9.17, 15) is 4.79 Å². The van der Waals surface area contributed by atoms with Crippen LogP contribution in [0.2, 0.25) is 0 Å². The molecule has 1 fully saturated rings. The number of rotatable bonds is 5. The van der Waals surface area contributed by atoms with Crippen LogP contribution in [0, 0.1) is 0 Å². The fraction of sp³-hybridized carbons (Fsp3) is 0.235. The Balaban J connectivity index is 1.59. The molecule has 1 atom stereocenters. The number of hydrogen-bond donors (Lipinski definition) is 1. The van der Waals surface area contributed by atoms with Gasteiger partial charge in [-0.1, -0.05) is 30.3 Å². The normalized spacial score (nSPS) is 15.3. The number of hydrogen-bond acceptors (Lipinski definition) is 4. The van der Waals surface area contributed by atoms with Crippen molar-refractivity contribution in [1.82, 2.24) is 14.8 Å². The average molecular weight is 324 g/mol. The smallest absolute Gasteiger partial charge is 0.255 e. The van der Waals surface area contributed by atoms with Crippen LogP contribution in [0.5, 0.6) is 0 Å². The van der Waals surface area contributed by atoms with Gasteiger partial charge in [-0.25, -0.2) is 4.98 Å². The number of carbonyl (C=O) groups excluding carboxylic acids is 1. The zero-order valence-electron chi connectivity index (χ0n) is 12.4. The molecule has 1 aliphatic carbocycles. The van der Waals surface area contributed by atoms with Gasteiger partial charge < -0.3 is 0 Å². The van der Waals surface area contributed by atoms with Gasteiger partial charge in [-0.2, -0.15) is 5.10 Å². The molecule has 1 saturated carbocycles. The first kappa shape index (κ1) is 14.1. The number of amides is 1. The molecule has 1 amide bonds. The molecule has 3 aromatic rings. The standard InChI is InChI=1S/C17H16N4OS/c22-16(20-17-19-14(11-23-17)12-7-8-12)15(21-10-4-9-18-21)13-5-2-1-3-6-13/h1-6,9-12,15H,7-8H2,(H,19,20,22)/t15-/m0/s1. The Morgan fingerprint density at radius 1 is 1.26 bits per heavy atom. The first-order valence-corrected chi connectivity index (χ1v) is 8.49. The highest BCUT2D eigenvalue weighted by atomic mass is 32.1. The van der Waals surface area contributed by atoms with Crippen LogP contribution in [0.15, 0.2) is 54.2 Å². The van der Waals surface area contributed by atoms with Crippen LogP contribution in [0.4, 0.5) is 5.13 Å². The van der Waals surface area contributed by atoms with E-state index in [1.54, 1.807) is 17.1 Å². The predicted molar refractivity (Wildman–Crippen MR) is 89.5 cm³/mol. The lowest BCUT2D eigenvalue weighted by Gasteiger charge is -2.16. The minimum absolute atomic E-state index is 0.128. The molecule has 0 unspecified atom stereocenters. The summed E-state index contributed by atoms with van der Waals surface area (Å²) >= 11 is 1.48. The Hall–Kier alpha value is -2.47. The lowest BCUT2D eigenvalue weighted by atomic mass is 10.1. The van der Waals surface area contributed by atoms with Crippen molar-refractivity contribution in [2.24, 2.45) is 0 Å². The second-order valence-corrected chi connectivity index (χ2v) is 6.50. The quantitative estimate of drug-likeness (QED) is 0.782. The molecule has 2 heterocycles. The van der Waals surface area contributed by atoms with Gasteiger partial charge in [0.1, 0.15) is 0 Å². The van der Waals surface area contributed by atoms with Crippen LogP contribution in [0.3, 0.4) is 0 Å². The minimum Gasteiger partial charge on any atom is -0.300 e. The van der Waals surface area contributed by atoms with Crippen molar-refractivity contribution in [1.29, 1.82) is 0 Å². The third-order valence-corrected chi connectivity index (χ3v) is 4.68. The average Bonchev–Trinajstić information content (AvgIpc) is 3.08. The molecule has 4 rings (SSSR count). The van der Waals surface area contributed by atoms with Crippen molar-refractivity contribution in [3.63, 3.8) is 0 Å². The second-order valence-electron chi connectivity index (χ2n) is 5.64. The van der Waals surface area contributed by atoms with Gasteiger partial charge in [0.2, 0.25) is 0 Å². The molecular formula is C17H16N4OS. The summed E-state index contributed by atoms with van der Waals surface area (Å²) in [5.74, 6) is 0.463. The van der Waals surface area contributed by atoms with Crippen molar-refractivity contribution in [2.75, 3.05) is 5.32 Å². The lowest BCUT2D eigenvalue weighted by molar-refractivity contribution is -0.118. The summed E-state index contributed by atoms with van der Waals surface area (Å²) in [6, 6.07) is 11.0. The Labute approximate surface area is 138 Å². The van der Waals surface area contributed by atoms with E-state index in [0.717, 1.165) is 11.3 Å². The topological polar surface area (TPSA) is 59.8 Å². The van der Waals surface area contributed by atoms with Crippen LogP contribution in [-0.4, -0.2) is 20.7 Å². The maximum Gasteiger partial charge on any atom is 0.255 e. The number of carbonyl (C=O) groups is 1. The second kappa shape index (κ2) is 5.96. The third kappa shape index (κ3) is 3.03. The molecule has 2 aromatic heterocycles. The Bertz CT molecular complexity index is 793. The molecule has 5 nitrogen and oxygen atoms in total. The first-order chi connectivity index (χ1) is 11.3. The molecule has 0 bridgehead atoms. The predicted octanol–water partition coefficient (Wildman–Crippen LogP) is 3.45. The fourth-order valence-electron chi connectivity index (χ4n) is 2.58. The Kier molecular flexibility index (Phi) is 3.67. The van der Waals surface area contributed by atoms with Gasteiger partial charge in [0, 0.05) is 23.7 Å². The maximum absolute atomic E-state index is 12.8. The molecule has 0 radical (unpaired) electrons. The summed E-state index contributed by atoms with van der Waals surface area (Å²) in [4.78, 5) is 17.3. The molecule has 1 aliphatic rings. The van der Waals surface area contributed by atoms with Crippen molar-refractivity contribution in [2.45, 2.75) is 24.8 Å². The number of nitrogens with one attached hydrogen (secondary N) is 1. The molecule has 0 saturated heterocycles. The van der Waals surface area contributed by atoms with E-state index in [1.807, 2.05) is 41.8 Å². The van der Waals surface area contributed by atoms with Gasteiger partial charge in [-0.3, -0.25) is 14.8 Å². The number of aromatic nitrogens is 3. The van der Waals surface area contributed by atoms with E-state index in [-0.39, 0.29) is 5.91 Å². The van der Waals surface area contributed by atoms with Crippen LogP contribution in [0.25, 0.3) is 0 Å². The van der Waals surface area contributed by atoms with Gasteiger partial charge in [-0.05, 0) is 24.5 Å². The van der Waals surface area contributed by atoms with Crippen LogP contribution < -0.4 is 5.32 Å². The summed E-state index contributed by atoms with van der Waals surface area (Å²) in [5.41, 5.74) is 1.99. The molecule has 1 N–H and O–H groups in total.